The van der Waals surface area contributed by atoms with Crippen molar-refractivity contribution in [2.24, 2.45) is 5.41 Å². The molecule has 0 saturated carbocycles. The van der Waals surface area contributed by atoms with Crippen LogP contribution in [0.25, 0.3) is 0 Å². The van der Waals surface area contributed by atoms with Crippen LogP contribution in [0.3, 0.4) is 0 Å². The van der Waals surface area contributed by atoms with Crippen molar-refractivity contribution in [3.8, 4) is 0 Å². The molecule has 0 unspecified atom stereocenters. The summed E-state index contributed by atoms with van der Waals surface area (Å²) in [7, 11) is 0. The highest BCUT2D eigenvalue weighted by atomic mass is 32.2. The fourth-order valence-corrected chi connectivity index (χ4v) is 2.51. The Morgan fingerprint density at radius 2 is 2.00 bits per heavy atom. The van der Waals surface area contributed by atoms with Gasteiger partial charge in [-0.25, -0.2) is 4.72 Å². The van der Waals surface area contributed by atoms with Gasteiger partial charge in [-0.1, -0.05) is 32.9 Å². The van der Waals surface area contributed by atoms with Crippen LogP contribution in [-0.4, -0.2) is 22.0 Å². The van der Waals surface area contributed by atoms with Gasteiger partial charge in [-0.3, -0.25) is 14.9 Å². The van der Waals surface area contributed by atoms with Gasteiger partial charge in [0.2, 0.25) is 0 Å². The van der Waals surface area contributed by atoms with Crippen molar-refractivity contribution in [3.63, 3.8) is 0 Å². The average molecular weight is 284 g/mol. The summed E-state index contributed by atoms with van der Waals surface area (Å²) in [6.07, 6.45) is 0. The summed E-state index contributed by atoms with van der Waals surface area (Å²) in [6.45, 7) is 5.37. The van der Waals surface area contributed by atoms with Crippen LogP contribution in [0.15, 0.2) is 29.2 Å². The van der Waals surface area contributed by atoms with E-state index in [1.165, 1.54) is 6.07 Å². The molecule has 0 fully saturated rings. The van der Waals surface area contributed by atoms with Crippen molar-refractivity contribution in [1.82, 2.24) is 4.72 Å². The first-order valence-corrected chi connectivity index (χ1v) is 6.43. The Labute approximate surface area is 115 Å². The maximum atomic E-state index is 11.2. The molecule has 0 aromatic heterocycles. The first kappa shape index (κ1) is 15.5. The summed E-state index contributed by atoms with van der Waals surface area (Å²) in [5.41, 5.74) is -0.541. The summed E-state index contributed by atoms with van der Waals surface area (Å²) < 4.78 is 2.78. The Kier molecular flexibility index (Phi) is 4.90. The summed E-state index contributed by atoms with van der Waals surface area (Å²) >= 11 is 0.966. The topological polar surface area (TPSA) is 92.5 Å². The number of carbonyl (C=O) groups is 1. The van der Waals surface area contributed by atoms with Crippen LogP contribution in [0.1, 0.15) is 20.8 Å². The summed E-state index contributed by atoms with van der Waals surface area (Å²) in [5, 5.41) is 20.0. The molecule has 0 heterocycles. The number of nitrogens with zero attached hydrogens (tertiary/aromatic N) is 1. The highest BCUT2D eigenvalue weighted by molar-refractivity contribution is 7.97. The van der Waals surface area contributed by atoms with E-state index in [1.54, 1.807) is 39.0 Å². The second-order valence-corrected chi connectivity index (χ2v) is 5.96. The lowest BCUT2D eigenvalue weighted by Gasteiger charge is -2.27. The number of carboxylic acid groups (broad SMARTS) is 1. The van der Waals surface area contributed by atoms with Gasteiger partial charge in [-0.15, -0.1) is 0 Å². The molecule has 7 heteroatoms. The van der Waals surface area contributed by atoms with Crippen molar-refractivity contribution in [2.45, 2.75) is 31.7 Å². The van der Waals surface area contributed by atoms with Crippen LogP contribution in [-0.2, 0) is 4.79 Å². The van der Waals surface area contributed by atoms with Crippen LogP contribution in [0, 0.1) is 15.5 Å². The number of nitro groups is 1. The molecule has 1 aromatic rings. The van der Waals surface area contributed by atoms with E-state index in [9.17, 15) is 14.9 Å². The molecule has 0 radical (unpaired) electrons. The van der Waals surface area contributed by atoms with E-state index in [0.717, 1.165) is 11.9 Å². The van der Waals surface area contributed by atoms with E-state index in [0.29, 0.717) is 4.90 Å². The monoisotopic (exact) mass is 284 g/mol. The van der Waals surface area contributed by atoms with Crippen LogP contribution >= 0.6 is 11.9 Å². The lowest BCUT2D eigenvalue weighted by atomic mass is 9.88. The molecule has 19 heavy (non-hydrogen) atoms. The number of para-hydroxylation sites is 1. The number of hydrogen-bond donors (Lipinski definition) is 2. The van der Waals surface area contributed by atoms with Gasteiger partial charge >= 0.3 is 5.97 Å². The minimum atomic E-state index is -0.987. The van der Waals surface area contributed by atoms with Gasteiger partial charge in [-0.05, 0) is 23.4 Å². The maximum absolute atomic E-state index is 11.2. The van der Waals surface area contributed by atoms with E-state index in [2.05, 4.69) is 4.72 Å². The molecule has 6 nitrogen and oxygen atoms in total. The third-order valence-corrected chi connectivity index (χ3v) is 3.38. The van der Waals surface area contributed by atoms with Crippen molar-refractivity contribution < 1.29 is 14.8 Å². The van der Waals surface area contributed by atoms with Gasteiger partial charge in [0.05, 0.1) is 4.92 Å². The van der Waals surface area contributed by atoms with Gasteiger partial charge in [0.25, 0.3) is 5.69 Å². The zero-order chi connectivity index (χ0) is 14.6. The number of nitrogens with one attached hydrogen (secondary N) is 1. The Morgan fingerprint density at radius 3 is 2.47 bits per heavy atom. The third kappa shape index (κ3) is 4.22. The molecule has 0 spiro atoms. The Balaban J connectivity index is 2.87. The number of carboxylic acids is 1. The number of nitro benzene ring substituents is 1. The lowest BCUT2D eigenvalue weighted by molar-refractivity contribution is -0.387. The van der Waals surface area contributed by atoms with Crippen LogP contribution in [0.5, 0.6) is 0 Å². The Morgan fingerprint density at radius 1 is 1.42 bits per heavy atom. The number of aliphatic carboxylic acids is 1. The first-order valence-electron chi connectivity index (χ1n) is 5.62. The van der Waals surface area contributed by atoms with Gasteiger partial charge in [0.15, 0.2) is 0 Å². The SMILES string of the molecule is CC(C)(C)[C@H](NSc1ccccc1[N+](=O)[O-])C(=O)O. The van der Waals surface area contributed by atoms with E-state index >= 15 is 0 Å². The molecule has 0 aliphatic heterocycles. The smallest absolute Gasteiger partial charge is 0.322 e. The second kappa shape index (κ2) is 6.03. The van der Waals surface area contributed by atoms with Gasteiger partial charge in [-0.2, -0.15) is 0 Å². The minimum Gasteiger partial charge on any atom is -0.480 e. The molecule has 0 bridgehead atoms. The van der Waals surface area contributed by atoms with E-state index in [-0.39, 0.29) is 5.69 Å². The van der Waals surface area contributed by atoms with E-state index in [1.807, 2.05) is 0 Å². The zero-order valence-corrected chi connectivity index (χ0v) is 11.7. The molecule has 1 atom stereocenters. The molecule has 2 N–H and O–H groups in total. The number of benzene rings is 1. The van der Waals surface area contributed by atoms with Gasteiger partial charge in [0, 0.05) is 6.07 Å². The van der Waals surface area contributed by atoms with Crippen LogP contribution in [0.4, 0.5) is 5.69 Å². The largest absolute Gasteiger partial charge is 0.480 e. The molecule has 1 aromatic carbocycles. The number of hydrogen-bond acceptors (Lipinski definition) is 5. The fraction of sp³-hybridized carbons (Fsp3) is 0.417. The molecule has 0 aliphatic rings. The van der Waals surface area contributed by atoms with Crippen molar-refractivity contribution >= 4 is 23.6 Å². The Hall–Kier alpha value is -1.60. The van der Waals surface area contributed by atoms with Crippen molar-refractivity contribution in [1.29, 1.82) is 0 Å². The summed E-state index contributed by atoms with van der Waals surface area (Å²) in [4.78, 5) is 21.9. The molecular formula is C12H16N2O4S. The van der Waals surface area contributed by atoms with Gasteiger partial charge in [0.1, 0.15) is 10.9 Å². The van der Waals surface area contributed by atoms with Crippen molar-refractivity contribution in [3.05, 3.63) is 34.4 Å². The third-order valence-electron chi connectivity index (χ3n) is 2.46. The predicted molar refractivity (Wildman–Crippen MR) is 73.0 cm³/mol. The highest BCUT2D eigenvalue weighted by Gasteiger charge is 2.31. The number of rotatable bonds is 5. The molecule has 0 saturated heterocycles. The fourth-order valence-electron chi connectivity index (χ4n) is 1.41. The highest BCUT2D eigenvalue weighted by Crippen LogP contribution is 2.29. The summed E-state index contributed by atoms with van der Waals surface area (Å²) in [6, 6.07) is 5.40. The average Bonchev–Trinajstić information content (AvgIpc) is 2.27. The molecule has 104 valence electrons. The lowest BCUT2D eigenvalue weighted by Crippen LogP contribution is -2.43. The second-order valence-electron chi connectivity index (χ2n) is 5.08. The maximum Gasteiger partial charge on any atom is 0.322 e. The van der Waals surface area contributed by atoms with E-state index < -0.39 is 22.3 Å². The quantitative estimate of drug-likeness (QED) is 0.490. The Bertz CT molecular complexity index is 485. The standard InChI is InChI=1S/C12H16N2O4S/c1-12(2,3)10(11(15)16)13-19-9-7-5-4-6-8(9)14(17)18/h4-7,10,13H,1-3H3,(H,15,16)/t10-/m1/s1. The van der Waals surface area contributed by atoms with E-state index in [4.69, 9.17) is 5.11 Å². The minimum absolute atomic E-state index is 0.0435. The van der Waals surface area contributed by atoms with Gasteiger partial charge < -0.3 is 5.11 Å². The van der Waals surface area contributed by atoms with Crippen molar-refractivity contribution in [2.75, 3.05) is 0 Å². The molecule has 0 aliphatic carbocycles. The molecule has 0 amide bonds. The van der Waals surface area contributed by atoms with Crippen LogP contribution in [0.2, 0.25) is 0 Å². The predicted octanol–water partition coefficient (Wildman–Crippen LogP) is 2.69. The normalized spacial score (nSPS) is 13.0. The molecule has 1 rings (SSSR count). The van der Waals surface area contributed by atoms with Crippen LogP contribution < -0.4 is 4.72 Å². The summed E-state index contributed by atoms with van der Waals surface area (Å²) in [5.74, 6) is -0.987. The molecular weight excluding hydrogens is 268 g/mol. The zero-order valence-electron chi connectivity index (χ0n) is 10.9. The first-order chi connectivity index (χ1) is 8.73.